The fourth-order valence-electron chi connectivity index (χ4n) is 2.27. The SMILES string of the molecule is Cc1cc(NC(=O)NC(=O)c2ccccc2F)c(C(C)C)cc1O. The normalized spacial score (nSPS) is 10.5. The Balaban J connectivity index is 2.17. The number of phenolic OH excluding ortho intramolecular Hbond substituents is 1. The molecule has 0 aliphatic rings. The highest BCUT2D eigenvalue weighted by molar-refractivity contribution is 6.08. The molecule has 0 spiro atoms. The zero-order valence-corrected chi connectivity index (χ0v) is 13.7. The van der Waals surface area contributed by atoms with E-state index >= 15 is 0 Å². The van der Waals surface area contributed by atoms with Gasteiger partial charge in [0.25, 0.3) is 5.91 Å². The van der Waals surface area contributed by atoms with Crippen LogP contribution in [0.15, 0.2) is 36.4 Å². The summed E-state index contributed by atoms with van der Waals surface area (Å²) in [6.45, 7) is 5.53. The van der Waals surface area contributed by atoms with Crippen molar-refractivity contribution in [1.29, 1.82) is 0 Å². The van der Waals surface area contributed by atoms with Gasteiger partial charge in [-0.25, -0.2) is 9.18 Å². The first kappa shape index (κ1) is 17.5. The summed E-state index contributed by atoms with van der Waals surface area (Å²) in [5.41, 5.74) is 1.60. The summed E-state index contributed by atoms with van der Waals surface area (Å²) in [6.07, 6.45) is 0. The molecule has 24 heavy (non-hydrogen) atoms. The quantitative estimate of drug-likeness (QED) is 0.746. The van der Waals surface area contributed by atoms with Crippen molar-refractivity contribution in [3.63, 3.8) is 0 Å². The molecule has 126 valence electrons. The second-order valence-corrected chi connectivity index (χ2v) is 5.77. The number of aryl methyl sites for hydroxylation is 1. The Bertz CT molecular complexity index is 788. The van der Waals surface area contributed by atoms with Crippen molar-refractivity contribution < 1.29 is 19.1 Å². The Morgan fingerprint density at radius 2 is 1.83 bits per heavy atom. The van der Waals surface area contributed by atoms with Crippen LogP contribution in [0.2, 0.25) is 0 Å². The molecule has 0 saturated heterocycles. The second kappa shape index (κ2) is 7.12. The Labute approximate surface area is 139 Å². The van der Waals surface area contributed by atoms with Crippen LogP contribution in [-0.2, 0) is 0 Å². The number of hydrogen-bond donors (Lipinski definition) is 3. The van der Waals surface area contributed by atoms with Gasteiger partial charge >= 0.3 is 6.03 Å². The predicted molar refractivity (Wildman–Crippen MR) is 89.8 cm³/mol. The average Bonchev–Trinajstić information content (AvgIpc) is 2.50. The summed E-state index contributed by atoms with van der Waals surface area (Å²) in [7, 11) is 0. The van der Waals surface area contributed by atoms with Gasteiger partial charge in [-0.2, -0.15) is 0 Å². The van der Waals surface area contributed by atoms with Crippen molar-refractivity contribution in [3.8, 4) is 5.75 Å². The molecule has 0 aliphatic heterocycles. The van der Waals surface area contributed by atoms with E-state index in [1.807, 2.05) is 13.8 Å². The minimum Gasteiger partial charge on any atom is -0.508 e. The molecular weight excluding hydrogens is 311 g/mol. The molecule has 3 amide bonds. The van der Waals surface area contributed by atoms with Crippen LogP contribution in [0.5, 0.6) is 5.75 Å². The lowest BCUT2D eigenvalue weighted by atomic mass is 9.98. The van der Waals surface area contributed by atoms with Gasteiger partial charge in [-0.3, -0.25) is 10.1 Å². The summed E-state index contributed by atoms with van der Waals surface area (Å²) < 4.78 is 13.6. The molecule has 2 aromatic rings. The van der Waals surface area contributed by atoms with E-state index in [0.29, 0.717) is 11.3 Å². The molecule has 0 radical (unpaired) electrons. The van der Waals surface area contributed by atoms with Crippen LogP contribution < -0.4 is 10.6 Å². The third-order valence-electron chi connectivity index (χ3n) is 3.58. The number of nitrogens with one attached hydrogen (secondary N) is 2. The van der Waals surface area contributed by atoms with E-state index in [2.05, 4.69) is 10.6 Å². The summed E-state index contributed by atoms with van der Waals surface area (Å²) >= 11 is 0. The molecule has 0 unspecified atom stereocenters. The van der Waals surface area contributed by atoms with Crippen LogP contribution in [0, 0.1) is 12.7 Å². The maximum Gasteiger partial charge on any atom is 0.326 e. The van der Waals surface area contributed by atoms with E-state index in [9.17, 15) is 19.1 Å². The van der Waals surface area contributed by atoms with Crippen LogP contribution in [0.3, 0.4) is 0 Å². The highest BCUT2D eigenvalue weighted by Gasteiger charge is 2.16. The predicted octanol–water partition coefficient (Wildman–Crippen LogP) is 3.93. The molecule has 6 heteroatoms. The third kappa shape index (κ3) is 3.90. The minimum atomic E-state index is -0.827. The number of carbonyl (C=O) groups excluding carboxylic acids is 2. The van der Waals surface area contributed by atoms with Gasteiger partial charge in [-0.05, 0) is 48.2 Å². The maximum atomic E-state index is 13.6. The maximum absolute atomic E-state index is 13.6. The molecular formula is C18H19FN2O3. The van der Waals surface area contributed by atoms with Crippen LogP contribution >= 0.6 is 0 Å². The first-order valence-corrected chi connectivity index (χ1v) is 7.50. The highest BCUT2D eigenvalue weighted by Crippen LogP contribution is 2.30. The Kier molecular flexibility index (Phi) is 5.18. The van der Waals surface area contributed by atoms with E-state index in [-0.39, 0.29) is 17.2 Å². The van der Waals surface area contributed by atoms with Crippen LogP contribution in [0.1, 0.15) is 41.3 Å². The van der Waals surface area contributed by atoms with E-state index in [1.54, 1.807) is 19.1 Å². The molecule has 0 atom stereocenters. The summed E-state index contributed by atoms with van der Waals surface area (Å²) in [5.74, 6) is -1.35. The summed E-state index contributed by atoms with van der Waals surface area (Å²) in [6, 6.07) is 7.84. The van der Waals surface area contributed by atoms with Crippen LogP contribution in [0.4, 0.5) is 14.9 Å². The standard InChI is InChI=1S/C18H19FN2O3/c1-10(2)13-9-16(22)11(3)8-15(13)20-18(24)21-17(23)12-6-4-5-7-14(12)19/h4-10,22H,1-3H3,(H2,20,21,23,24). The monoisotopic (exact) mass is 330 g/mol. The number of benzene rings is 2. The molecule has 0 bridgehead atoms. The first-order valence-electron chi connectivity index (χ1n) is 7.50. The highest BCUT2D eigenvalue weighted by atomic mass is 19.1. The number of imide groups is 1. The van der Waals surface area contributed by atoms with Crippen molar-refractivity contribution in [3.05, 3.63) is 58.9 Å². The van der Waals surface area contributed by atoms with Crippen LogP contribution in [0.25, 0.3) is 0 Å². The van der Waals surface area contributed by atoms with E-state index in [1.165, 1.54) is 18.2 Å². The number of aromatic hydroxyl groups is 1. The minimum absolute atomic E-state index is 0.0501. The topological polar surface area (TPSA) is 78.4 Å². The summed E-state index contributed by atoms with van der Waals surface area (Å²) in [4.78, 5) is 24.0. The van der Waals surface area contributed by atoms with Crippen molar-refractivity contribution in [2.24, 2.45) is 0 Å². The fraction of sp³-hybridized carbons (Fsp3) is 0.222. The largest absolute Gasteiger partial charge is 0.508 e. The van der Waals surface area contributed by atoms with E-state index in [4.69, 9.17) is 0 Å². The van der Waals surface area contributed by atoms with Gasteiger partial charge in [-0.1, -0.05) is 26.0 Å². The van der Waals surface area contributed by atoms with Gasteiger partial charge in [0.1, 0.15) is 11.6 Å². The number of rotatable bonds is 3. The molecule has 0 aromatic heterocycles. The number of phenols is 1. The number of urea groups is 1. The Morgan fingerprint density at radius 3 is 2.46 bits per heavy atom. The third-order valence-corrected chi connectivity index (χ3v) is 3.58. The zero-order chi connectivity index (χ0) is 17.9. The van der Waals surface area contributed by atoms with Gasteiger partial charge in [0.15, 0.2) is 0 Å². The lowest BCUT2D eigenvalue weighted by molar-refractivity contribution is 0.0963. The molecule has 0 heterocycles. The zero-order valence-electron chi connectivity index (χ0n) is 13.7. The molecule has 2 rings (SSSR count). The van der Waals surface area contributed by atoms with Gasteiger partial charge in [0, 0.05) is 5.69 Å². The van der Waals surface area contributed by atoms with E-state index < -0.39 is 17.8 Å². The fourth-order valence-corrected chi connectivity index (χ4v) is 2.27. The van der Waals surface area contributed by atoms with Crippen molar-refractivity contribution in [2.45, 2.75) is 26.7 Å². The Hall–Kier alpha value is -2.89. The van der Waals surface area contributed by atoms with Gasteiger partial charge in [-0.15, -0.1) is 0 Å². The van der Waals surface area contributed by atoms with E-state index in [0.717, 1.165) is 11.6 Å². The average molecular weight is 330 g/mol. The molecule has 2 aromatic carbocycles. The molecule has 5 nitrogen and oxygen atoms in total. The second-order valence-electron chi connectivity index (χ2n) is 5.77. The van der Waals surface area contributed by atoms with Gasteiger partial charge in [0.2, 0.25) is 0 Å². The number of hydrogen-bond acceptors (Lipinski definition) is 3. The van der Waals surface area contributed by atoms with Gasteiger partial charge < -0.3 is 10.4 Å². The Morgan fingerprint density at radius 1 is 1.17 bits per heavy atom. The number of anilines is 1. The van der Waals surface area contributed by atoms with Crippen molar-refractivity contribution in [2.75, 3.05) is 5.32 Å². The lowest BCUT2D eigenvalue weighted by Gasteiger charge is -2.16. The summed E-state index contributed by atoms with van der Waals surface area (Å²) in [5, 5.41) is 14.5. The number of halogens is 1. The first-order chi connectivity index (χ1) is 11.3. The number of amides is 3. The van der Waals surface area contributed by atoms with Gasteiger partial charge in [0.05, 0.1) is 5.56 Å². The van der Waals surface area contributed by atoms with Crippen molar-refractivity contribution in [1.82, 2.24) is 5.32 Å². The molecule has 0 fully saturated rings. The smallest absolute Gasteiger partial charge is 0.326 e. The lowest BCUT2D eigenvalue weighted by Crippen LogP contribution is -2.35. The molecule has 0 saturated carbocycles. The molecule has 3 N–H and O–H groups in total. The van der Waals surface area contributed by atoms with Crippen LogP contribution in [-0.4, -0.2) is 17.0 Å². The molecule has 0 aliphatic carbocycles. The van der Waals surface area contributed by atoms with Crippen molar-refractivity contribution >= 4 is 17.6 Å². The number of carbonyl (C=O) groups is 2.